The van der Waals surface area contributed by atoms with Crippen LogP contribution < -0.4 is 5.73 Å². The molecular formula is C20H24Cl4N6. The number of pyridine rings is 1. The van der Waals surface area contributed by atoms with Gasteiger partial charge in [-0.2, -0.15) is 0 Å². The van der Waals surface area contributed by atoms with E-state index in [1.54, 1.807) is 18.7 Å². The summed E-state index contributed by atoms with van der Waals surface area (Å²) in [4.78, 5) is 13.0. The summed E-state index contributed by atoms with van der Waals surface area (Å²) in [6.07, 6.45) is 9.80. The first-order valence-electron chi connectivity index (χ1n) is 8.48. The Labute approximate surface area is 200 Å². The maximum atomic E-state index is 6.37. The maximum absolute atomic E-state index is 6.37. The second kappa shape index (κ2) is 12.6. The first-order valence-corrected chi connectivity index (χ1v) is 8.48. The van der Waals surface area contributed by atoms with E-state index in [4.69, 9.17) is 5.73 Å². The van der Waals surface area contributed by atoms with Crippen LogP contribution in [0.3, 0.4) is 0 Å². The fourth-order valence-corrected chi connectivity index (χ4v) is 3.09. The lowest BCUT2D eigenvalue weighted by Crippen LogP contribution is -2.18. The van der Waals surface area contributed by atoms with Crippen LogP contribution in [0.15, 0.2) is 73.6 Å². The average molecular weight is 490 g/mol. The highest BCUT2D eigenvalue weighted by Crippen LogP contribution is 2.24. The molecule has 0 saturated heterocycles. The Balaban J connectivity index is 0.00000210. The van der Waals surface area contributed by atoms with Crippen molar-refractivity contribution in [2.45, 2.75) is 12.5 Å². The molecule has 4 aromatic rings. The minimum Gasteiger partial charge on any atom is -0.330 e. The Morgan fingerprint density at radius 3 is 2.27 bits per heavy atom. The highest BCUT2D eigenvalue weighted by Gasteiger charge is 2.16. The molecule has 6 nitrogen and oxygen atoms in total. The average Bonchev–Trinajstić information content (AvgIpc) is 3.33. The molecule has 0 bridgehead atoms. The summed E-state index contributed by atoms with van der Waals surface area (Å²) in [5.74, 6) is 0.851. The minimum absolute atomic E-state index is 0. The van der Waals surface area contributed by atoms with Gasteiger partial charge < -0.3 is 14.9 Å². The van der Waals surface area contributed by atoms with Gasteiger partial charge in [-0.1, -0.05) is 18.2 Å². The zero-order valence-corrected chi connectivity index (χ0v) is 19.4. The largest absolute Gasteiger partial charge is 0.330 e. The van der Waals surface area contributed by atoms with E-state index in [1.165, 1.54) is 0 Å². The molecule has 3 aromatic heterocycles. The molecule has 0 amide bonds. The number of hydrogen-bond donors (Lipinski definition) is 1. The number of imidazole rings is 2. The van der Waals surface area contributed by atoms with Crippen LogP contribution in [0.5, 0.6) is 0 Å². The lowest BCUT2D eigenvalue weighted by Gasteiger charge is -2.13. The van der Waals surface area contributed by atoms with E-state index >= 15 is 0 Å². The molecule has 0 unspecified atom stereocenters. The number of halogens is 4. The van der Waals surface area contributed by atoms with E-state index in [9.17, 15) is 0 Å². The zero-order chi connectivity index (χ0) is 17.9. The molecule has 0 spiro atoms. The van der Waals surface area contributed by atoms with E-state index in [0.717, 1.165) is 28.5 Å². The van der Waals surface area contributed by atoms with Crippen molar-refractivity contribution in [2.24, 2.45) is 12.8 Å². The topological polar surface area (TPSA) is 74.5 Å². The third-order valence-electron chi connectivity index (χ3n) is 4.48. The molecular weight excluding hydrogens is 466 g/mol. The summed E-state index contributed by atoms with van der Waals surface area (Å²) in [7, 11) is 2.00. The molecule has 0 aliphatic rings. The van der Waals surface area contributed by atoms with Crippen molar-refractivity contribution in [2.75, 3.05) is 0 Å². The fraction of sp³-hybridized carbons (Fsp3) is 0.150. The van der Waals surface area contributed by atoms with Crippen LogP contribution in [-0.2, 0) is 13.5 Å². The van der Waals surface area contributed by atoms with Gasteiger partial charge in [-0.3, -0.25) is 4.98 Å². The van der Waals surface area contributed by atoms with E-state index in [-0.39, 0.29) is 55.7 Å². The van der Waals surface area contributed by atoms with Crippen LogP contribution in [0.1, 0.15) is 17.6 Å². The van der Waals surface area contributed by atoms with E-state index in [0.29, 0.717) is 6.42 Å². The molecule has 1 atom stereocenters. The number of nitrogens with zero attached hydrogens (tertiary/aromatic N) is 5. The number of benzene rings is 1. The van der Waals surface area contributed by atoms with Crippen molar-refractivity contribution in [3.05, 3.63) is 85.1 Å². The standard InChI is InChI=1S/C20H20N6.4ClH/c1-25-19(15-5-7-17(8-6-15)26-11-10-22-14-26)13-24-20(25)18(21)12-16-4-2-3-9-23-16;;;;/h2-11,13-14,18H,12,21H2,1H3;4*1H/t18-;;;;/m0..../s1. The van der Waals surface area contributed by atoms with Gasteiger partial charge in [0.2, 0.25) is 0 Å². The predicted molar refractivity (Wildman–Crippen MR) is 130 cm³/mol. The molecule has 30 heavy (non-hydrogen) atoms. The third-order valence-corrected chi connectivity index (χ3v) is 4.48. The fourth-order valence-electron chi connectivity index (χ4n) is 3.09. The summed E-state index contributed by atoms with van der Waals surface area (Å²) in [6, 6.07) is 14.0. The lowest BCUT2D eigenvalue weighted by molar-refractivity contribution is 0.626. The lowest BCUT2D eigenvalue weighted by atomic mass is 10.1. The molecule has 10 heteroatoms. The Morgan fingerprint density at radius 1 is 0.933 bits per heavy atom. The second-order valence-electron chi connectivity index (χ2n) is 6.21. The SMILES string of the molecule is Cl.Cl.Cl.Cl.Cn1c(-c2ccc(-n3ccnc3)cc2)cnc1[C@@H](N)Cc1ccccn1. The van der Waals surface area contributed by atoms with Crippen LogP contribution in [0.25, 0.3) is 16.9 Å². The van der Waals surface area contributed by atoms with Crippen molar-refractivity contribution in [3.8, 4) is 16.9 Å². The smallest absolute Gasteiger partial charge is 0.126 e. The maximum Gasteiger partial charge on any atom is 0.126 e. The Morgan fingerprint density at radius 2 is 1.67 bits per heavy atom. The molecule has 1 aromatic carbocycles. The minimum atomic E-state index is -0.200. The first-order chi connectivity index (χ1) is 12.7. The van der Waals surface area contributed by atoms with Gasteiger partial charge in [0.15, 0.2) is 0 Å². The van der Waals surface area contributed by atoms with Gasteiger partial charge in [0.25, 0.3) is 0 Å². The summed E-state index contributed by atoms with van der Waals surface area (Å²) < 4.78 is 4.03. The van der Waals surface area contributed by atoms with Crippen LogP contribution in [0, 0.1) is 0 Å². The Bertz CT molecular complexity index is 988. The van der Waals surface area contributed by atoms with Gasteiger partial charge in [0.05, 0.1) is 24.3 Å². The van der Waals surface area contributed by atoms with Crippen molar-refractivity contribution < 1.29 is 0 Å². The molecule has 2 N–H and O–H groups in total. The predicted octanol–water partition coefficient (Wildman–Crippen LogP) is 4.60. The quantitative estimate of drug-likeness (QED) is 0.444. The molecule has 0 saturated carbocycles. The third kappa shape index (κ3) is 5.97. The number of aromatic nitrogens is 5. The van der Waals surface area contributed by atoms with Crippen LogP contribution >= 0.6 is 49.6 Å². The highest BCUT2D eigenvalue weighted by molar-refractivity contribution is 5.86. The number of rotatable bonds is 5. The van der Waals surface area contributed by atoms with Gasteiger partial charge in [-0.15, -0.1) is 49.6 Å². The van der Waals surface area contributed by atoms with Gasteiger partial charge in [-0.05, 0) is 29.8 Å². The molecule has 0 aliphatic heterocycles. The Kier molecular flexibility index (Phi) is 11.7. The summed E-state index contributed by atoms with van der Waals surface area (Å²) in [5.41, 5.74) is 10.5. The summed E-state index contributed by atoms with van der Waals surface area (Å²) in [6.45, 7) is 0. The monoisotopic (exact) mass is 488 g/mol. The van der Waals surface area contributed by atoms with Crippen molar-refractivity contribution in [1.82, 2.24) is 24.1 Å². The Hall–Kier alpha value is -2.09. The van der Waals surface area contributed by atoms with E-state index in [1.807, 2.05) is 42.2 Å². The van der Waals surface area contributed by atoms with Crippen LogP contribution in [0.2, 0.25) is 0 Å². The highest BCUT2D eigenvalue weighted by atomic mass is 35.5. The molecule has 4 rings (SSSR count). The van der Waals surface area contributed by atoms with Gasteiger partial charge in [0, 0.05) is 43.4 Å². The molecule has 0 aliphatic carbocycles. The molecule has 0 radical (unpaired) electrons. The van der Waals surface area contributed by atoms with Crippen LogP contribution in [0.4, 0.5) is 0 Å². The number of hydrogen-bond acceptors (Lipinski definition) is 4. The van der Waals surface area contributed by atoms with Crippen molar-refractivity contribution >= 4 is 49.6 Å². The van der Waals surface area contributed by atoms with Gasteiger partial charge in [0.1, 0.15) is 5.82 Å². The first kappa shape index (κ1) is 27.9. The number of nitrogens with two attached hydrogens (primary N) is 1. The summed E-state index contributed by atoms with van der Waals surface area (Å²) >= 11 is 0. The normalized spacial score (nSPS) is 10.6. The van der Waals surface area contributed by atoms with E-state index < -0.39 is 0 Å². The van der Waals surface area contributed by atoms with E-state index in [2.05, 4.69) is 43.8 Å². The van der Waals surface area contributed by atoms with Gasteiger partial charge >= 0.3 is 0 Å². The molecule has 0 fully saturated rings. The molecule has 3 heterocycles. The molecule has 162 valence electrons. The van der Waals surface area contributed by atoms with Crippen molar-refractivity contribution in [3.63, 3.8) is 0 Å². The van der Waals surface area contributed by atoms with Gasteiger partial charge in [-0.25, -0.2) is 9.97 Å². The summed E-state index contributed by atoms with van der Waals surface area (Å²) in [5, 5.41) is 0. The van der Waals surface area contributed by atoms with Crippen molar-refractivity contribution in [1.29, 1.82) is 0 Å². The van der Waals surface area contributed by atoms with Crippen LogP contribution in [-0.4, -0.2) is 24.1 Å². The second-order valence-corrected chi connectivity index (χ2v) is 6.21. The zero-order valence-electron chi connectivity index (χ0n) is 16.2.